The van der Waals surface area contributed by atoms with Crippen LogP contribution in [-0.2, 0) is 24.8 Å². The number of hydrogen-bond acceptors (Lipinski definition) is 3. The van der Waals surface area contributed by atoms with Crippen LogP contribution in [0.4, 0.5) is 5.82 Å². The van der Waals surface area contributed by atoms with E-state index in [1.54, 1.807) is 13.1 Å². The van der Waals surface area contributed by atoms with Crippen LogP contribution in [0.15, 0.2) is 66.7 Å². The number of rotatable bonds is 6. The molecular formula is C20H20N4O2. The fraction of sp³-hybridized carbons (Fsp3) is 0.150. The van der Waals surface area contributed by atoms with Crippen molar-refractivity contribution in [1.29, 1.82) is 0 Å². The van der Waals surface area contributed by atoms with Gasteiger partial charge in [0.1, 0.15) is 5.82 Å². The second-order valence-electron chi connectivity index (χ2n) is 5.92. The van der Waals surface area contributed by atoms with E-state index in [0.717, 1.165) is 11.1 Å². The highest BCUT2D eigenvalue weighted by Gasteiger charge is 2.14. The molecule has 0 fully saturated rings. The molecule has 0 saturated heterocycles. The van der Waals surface area contributed by atoms with E-state index in [1.807, 2.05) is 60.7 Å². The largest absolute Gasteiger partial charge is 0.347 e. The van der Waals surface area contributed by atoms with Gasteiger partial charge in [-0.2, -0.15) is 5.10 Å². The maximum Gasteiger partial charge on any atom is 0.272 e. The third kappa shape index (κ3) is 4.57. The number of benzene rings is 2. The van der Waals surface area contributed by atoms with Crippen molar-refractivity contribution in [2.45, 2.75) is 13.0 Å². The van der Waals surface area contributed by atoms with Crippen molar-refractivity contribution < 1.29 is 9.59 Å². The number of anilines is 1. The summed E-state index contributed by atoms with van der Waals surface area (Å²) < 4.78 is 1.49. The smallest absolute Gasteiger partial charge is 0.272 e. The Morgan fingerprint density at radius 1 is 0.962 bits per heavy atom. The molecule has 6 heteroatoms. The molecule has 0 radical (unpaired) electrons. The summed E-state index contributed by atoms with van der Waals surface area (Å²) in [5.74, 6) is 0.0410. The average molecular weight is 348 g/mol. The third-order valence-corrected chi connectivity index (χ3v) is 3.88. The Labute approximate surface area is 151 Å². The van der Waals surface area contributed by atoms with Gasteiger partial charge in [0.05, 0.1) is 6.42 Å². The van der Waals surface area contributed by atoms with E-state index in [4.69, 9.17) is 0 Å². The molecule has 0 spiro atoms. The van der Waals surface area contributed by atoms with Gasteiger partial charge in [0.2, 0.25) is 5.91 Å². The van der Waals surface area contributed by atoms with Gasteiger partial charge in [0.25, 0.3) is 5.91 Å². The summed E-state index contributed by atoms with van der Waals surface area (Å²) in [5, 5.41) is 9.78. The van der Waals surface area contributed by atoms with E-state index in [2.05, 4.69) is 15.7 Å². The van der Waals surface area contributed by atoms with E-state index < -0.39 is 0 Å². The highest BCUT2D eigenvalue weighted by molar-refractivity contribution is 5.95. The summed E-state index contributed by atoms with van der Waals surface area (Å²) in [7, 11) is 1.69. The highest BCUT2D eigenvalue weighted by atomic mass is 16.2. The number of nitrogens with one attached hydrogen (secondary N) is 2. The number of aromatic nitrogens is 2. The lowest BCUT2D eigenvalue weighted by Gasteiger charge is -2.04. The van der Waals surface area contributed by atoms with E-state index >= 15 is 0 Å². The van der Waals surface area contributed by atoms with Gasteiger partial charge in [0.15, 0.2) is 5.69 Å². The van der Waals surface area contributed by atoms with Crippen molar-refractivity contribution in [3.05, 3.63) is 83.6 Å². The lowest BCUT2D eigenvalue weighted by molar-refractivity contribution is -0.115. The Morgan fingerprint density at radius 2 is 1.58 bits per heavy atom. The minimum absolute atomic E-state index is 0.157. The Kier molecular flexibility index (Phi) is 5.43. The first-order valence-electron chi connectivity index (χ1n) is 8.32. The Bertz CT molecular complexity index is 889. The lowest BCUT2D eigenvalue weighted by Crippen LogP contribution is -2.23. The molecule has 2 aromatic carbocycles. The molecule has 3 aromatic rings. The number of hydrogen-bond donors (Lipinski definition) is 2. The summed E-state index contributed by atoms with van der Waals surface area (Å²) >= 11 is 0. The van der Waals surface area contributed by atoms with Crippen molar-refractivity contribution >= 4 is 17.6 Å². The van der Waals surface area contributed by atoms with Gasteiger partial charge in [-0.15, -0.1) is 0 Å². The van der Waals surface area contributed by atoms with E-state index in [1.165, 1.54) is 4.68 Å². The van der Waals surface area contributed by atoms with Gasteiger partial charge in [-0.3, -0.25) is 14.3 Å². The fourth-order valence-electron chi connectivity index (χ4n) is 2.53. The molecule has 0 aliphatic carbocycles. The molecule has 2 N–H and O–H groups in total. The molecule has 6 nitrogen and oxygen atoms in total. The van der Waals surface area contributed by atoms with Gasteiger partial charge in [-0.1, -0.05) is 60.7 Å². The van der Waals surface area contributed by atoms with Crippen LogP contribution in [-0.4, -0.2) is 21.6 Å². The molecular weight excluding hydrogens is 328 g/mol. The van der Waals surface area contributed by atoms with E-state index in [-0.39, 0.29) is 23.9 Å². The molecule has 132 valence electrons. The van der Waals surface area contributed by atoms with Crippen LogP contribution in [0, 0.1) is 0 Å². The molecule has 0 saturated carbocycles. The van der Waals surface area contributed by atoms with E-state index in [9.17, 15) is 9.59 Å². The van der Waals surface area contributed by atoms with Gasteiger partial charge < -0.3 is 10.6 Å². The van der Waals surface area contributed by atoms with Gasteiger partial charge in [0, 0.05) is 19.7 Å². The van der Waals surface area contributed by atoms with Crippen LogP contribution in [0.5, 0.6) is 0 Å². The molecule has 1 aromatic heterocycles. The zero-order valence-electron chi connectivity index (χ0n) is 14.5. The van der Waals surface area contributed by atoms with Gasteiger partial charge in [-0.25, -0.2) is 0 Å². The minimum Gasteiger partial charge on any atom is -0.347 e. The number of carbonyl (C=O) groups is 2. The second-order valence-corrected chi connectivity index (χ2v) is 5.92. The summed E-state index contributed by atoms with van der Waals surface area (Å²) in [6.45, 7) is 0.423. The first-order valence-corrected chi connectivity index (χ1v) is 8.32. The summed E-state index contributed by atoms with van der Waals surface area (Å²) in [6.07, 6.45) is 0.265. The van der Waals surface area contributed by atoms with Crippen molar-refractivity contribution in [1.82, 2.24) is 15.1 Å². The minimum atomic E-state index is -0.284. The average Bonchev–Trinajstić information content (AvgIpc) is 3.02. The highest BCUT2D eigenvalue weighted by Crippen LogP contribution is 2.11. The topological polar surface area (TPSA) is 76.0 Å². The predicted molar refractivity (Wildman–Crippen MR) is 99.6 cm³/mol. The van der Waals surface area contributed by atoms with Gasteiger partial charge in [-0.05, 0) is 11.1 Å². The van der Waals surface area contributed by atoms with Crippen molar-refractivity contribution in [3.8, 4) is 0 Å². The quantitative estimate of drug-likeness (QED) is 0.719. The first kappa shape index (κ1) is 17.4. The Hall–Kier alpha value is -3.41. The van der Waals surface area contributed by atoms with Crippen molar-refractivity contribution in [2.24, 2.45) is 7.05 Å². The van der Waals surface area contributed by atoms with Crippen LogP contribution in [0.25, 0.3) is 0 Å². The monoisotopic (exact) mass is 348 g/mol. The summed E-state index contributed by atoms with van der Waals surface area (Å²) in [4.78, 5) is 24.4. The number of aryl methyl sites for hydroxylation is 1. The number of carbonyl (C=O) groups excluding carboxylic acids is 2. The Balaban J connectivity index is 1.59. The van der Waals surface area contributed by atoms with Crippen LogP contribution >= 0.6 is 0 Å². The normalized spacial score (nSPS) is 10.3. The second kappa shape index (κ2) is 8.11. The van der Waals surface area contributed by atoms with Crippen LogP contribution in [0.2, 0.25) is 0 Å². The molecule has 0 atom stereocenters. The predicted octanol–water partition coefficient (Wildman–Crippen LogP) is 2.53. The summed E-state index contributed by atoms with van der Waals surface area (Å²) in [6, 6.07) is 20.7. The van der Waals surface area contributed by atoms with Crippen LogP contribution in [0.3, 0.4) is 0 Å². The summed E-state index contributed by atoms with van der Waals surface area (Å²) in [5.41, 5.74) is 2.19. The molecule has 3 rings (SSSR count). The van der Waals surface area contributed by atoms with Crippen LogP contribution < -0.4 is 10.6 Å². The molecule has 26 heavy (non-hydrogen) atoms. The van der Waals surface area contributed by atoms with Gasteiger partial charge >= 0.3 is 0 Å². The van der Waals surface area contributed by atoms with E-state index in [0.29, 0.717) is 12.4 Å². The molecule has 2 amide bonds. The standard InChI is InChI=1S/C20H20N4O2/c1-24-18(22-19(25)12-15-8-4-2-5-9-15)13-17(23-24)20(26)21-14-16-10-6-3-7-11-16/h2-11,13H,12,14H2,1H3,(H,21,26)(H,22,25). The SMILES string of the molecule is Cn1nc(C(=O)NCc2ccccc2)cc1NC(=O)Cc1ccccc1. The van der Waals surface area contributed by atoms with Crippen molar-refractivity contribution in [3.63, 3.8) is 0 Å². The Morgan fingerprint density at radius 3 is 2.23 bits per heavy atom. The number of amides is 2. The fourth-order valence-corrected chi connectivity index (χ4v) is 2.53. The molecule has 0 bridgehead atoms. The first-order chi connectivity index (χ1) is 12.6. The molecule has 0 aliphatic rings. The van der Waals surface area contributed by atoms with Crippen LogP contribution in [0.1, 0.15) is 21.6 Å². The number of nitrogens with zero attached hydrogens (tertiary/aromatic N) is 2. The maximum absolute atomic E-state index is 12.3. The molecule has 0 aliphatic heterocycles. The molecule has 1 heterocycles. The molecule has 0 unspecified atom stereocenters. The zero-order chi connectivity index (χ0) is 18.4. The lowest BCUT2D eigenvalue weighted by atomic mass is 10.1. The zero-order valence-corrected chi connectivity index (χ0v) is 14.5. The van der Waals surface area contributed by atoms with Crippen molar-refractivity contribution in [2.75, 3.05) is 5.32 Å². The third-order valence-electron chi connectivity index (χ3n) is 3.88. The maximum atomic E-state index is 12.3.